The molecule has 3 nitrogen and oxygen atoms in total. The monoisotopic (exact) mass is 222 g/mol. The zero-order valence-electron chi connectivity index (χ0n) is 9.99. The summed E-state index contributed by atoms with van der Waals surface area (Å²) < 4.78 is 5.97. The quantitative estimate of drug-likeness (QED) is 0.686. The van der Waals surface area contributed by atoms with Gasteiger partial charge in [0.25, 0.3) is 0 Å². The van der Waals surface area contributed by atoms with Crippen LogP contribution in [0.1, 0.15) is 27.2 Å². The first-order valence-corrected chi connectivity index (χ1v) is 5.63. The van der Waals surface area contributed by atoms with Gasteiger partial charge in [0.2, 0.25) is 0 Å². The largest absolute Gasteiger partial charge is 0.392 e. The fourth-order valence-corrected chi connectivity index (χ4v) is 2.73. The Balaban J connectivity index is 2.51. The number of hydrogen-bond acceptors (Lipinski definition) is 3. The van der Waals surface area contributed by atoms with Gasteiger partial charge in [-0.3, -0.25) is 4.79 Å². The summed E-state index contributed by atoms with van der Waals surface area (Å²) in [4.78, 5) is 11.6. The predicted molar refractivity (Wildman–Crippen MR) is 61.0 cm³/mol. The summed E-state index contributed by atoms with van der Waals surface area (Å²) >= 11 is 0. The Morgan fingerprint density at radius 2 is 2.25 bits per heavy atom. The fraction of sp³-hybridized carbons (Fsp3) is 0.615. The molecule has 1 aliphatic heterocycles. The molecule has 16 heavy (non-hydrogen) atoms. The summed E-state index contributed by atoms with van der Waals surface area (Å²) in [6, 6.07) is 0. The molecule has 0 aromatic heterocycles. The Morgan fingerprint density at radius 3 is 2.75 bits per heavy atom. The van der Waals surface area contributed by atoms with Crippen LogP contribution in [0.4, 0.5) is 0 Å². The molecule has 1 aliphatic carbocycles. The van der Waals surface area contributed by atoms with E-state index in [0.717, 1.165) is 0 Å². The Labute approximate surface area is 95.8 Å². The van der Waals surface area contributed by atoms with Gasteiger partial charge in [0.1, 0.15) is 5.60 Å². The highest BCUT2D eigenvalue weighted by Gasteiger charge is 2.52. The van der Waals surface area contributed by atoms with Crippen LogP contribution in [-0.2, 0) is 9.53 Å². The molecule has 0 radical (unpaired) electrons. The van der Waals surface area contributed by atoms with Crippen LogP contribution in [0.5, 0.6) is 0 Å². The van der Waals surface area contributed by atoms with Gasteiger partial charge < -0.3 is 9.84 Å². The topological polar surface area (TPSA) is 46.5 Å². The number of aliphatic hydroxyl groups excluding tert-OH is 1. The van der Waals surface area contributed by atoms with E-state index in [2.05, 4.69) is 0 Å². The van der Waals surface area contributed by atoms with Crippen molar-refractivity contribution < 1.29 is 14.6 Å². The van der Waals surface area contributed by atoms with Gasteiger partial charge in [-0.2, -0.15) is 0 Å². The predicted octanol–water partition coefficient (Wildman–Crippen LogP) is 1.62. The third kappa shape index (κ3) is 1.46. The molecule has 2 atom stereocenters. The van der Waals surface area contributed by atoms with Gasteiger partial charge in [-0.05, 0) is 24.6 Å². The van der Waals surface area contributed by atoms with Gasteiger partial charge in [0, 0.05) is 11.8 Å². The number of carbonyl (C=O) groups is 1. The van der Waals surface area contributed by atoms with Crippen LogP contribution in [0.2, 0.25) is 0 Å². The number of ketones is 1. The van der Waals surface area contributed by atoms with Crippen LogP contribution >= 0.6 is 0 Å². The highest BCUT2D eigenvalue weighted by Crippen LogP contribution is 2.49. The van der Waals surface area contributed by atoms with E-state index in [1.54, 1.807) is 0 Å². The van der Waals surface area contributed by atoms with Gasteiger partial charge in [-0.1, -0.05) is 19.9 Å². The highest BCUT2D eigenvalue weighted by molar-refractivity contribution is 5.93. The Bertz CT molecular complexity index is 379. The number of aliphatic hydroxyl groups is 1. The maximum Gasteiger partial charge on any atom is 0.156 e. The van der Waals surface area contributed by atoms with Crippen molar-refractivity contribution in [3.8, 4) is 0 Å². The lowest BCUT2D eigenvalue weighted by molar-refractivity contribution is -0.126. The van der Waals surface area contributed by atoms with E-state index in [4.69, 9.17) is 4.74 Å². The third-order valence-electron chi connectivity index (χ3n) is 3.58. The molecule has 0 fully saturated rings. The van der Waals surface area contributed by atoms with Crippen molar-refractivity contribution in [3.05, 3.63) is 23.8 Å². The van der Waals surface area contributed by atoms with E-state index in [9.17, 15) is 9.90 Å². The standard InChI is InChI=1S/C13H18O3/c1-9-4-5-13(16-9)10(8-14)6-11(15)7-12(13,2)3/h4-6,9,14H,7-8H2,1-3H3/t9-,13+/m0/s1. The summed E-state index contributed by atoms with van der Waals surface area (Å²) in [5.74, 6) is 0.0660. The summed E-state index contributed by atoms with van der Waals surface area (Å²) in [5, 5.41) is 9.42. The maximum absolute atomic E-state index is 11.6. The summed E-state index contributed by atoms with van der Waals surface area (Å²) in [7, 11) is 0. The van der Waals surface area contributed by atoms with Crippen LogP contribution in [0.3, 0.4) is 0 Å². The Morgan fingerprint density at radius 1 is 1.56 bits per heavy atom. The number of rotatable bonds is 1. The summed E-state index contributed by atoms with van der Waals surface area (Å²) in [5.41, 5.74) is -0.234. The number of allylic oxidation sites excluding steroid dienone is 1. The van der Waals surface area contributed by atoms with Gasteiger partial charge in [-0.25, -0.2) is 0 Å². The molecule has 0 saturated carbocycles. The fourth-order valence-electron chi connectivity index (χ4n) is 2.73. The molecule has 88 valence electrons. The van der Waals surface area contributed by atoms with E-state index >= 15 is 0 Å². The molecule has 2 rings (SSSR count). The first-order valence-electron chi connectivity index (χ1n) is 5.63. The van der Waals surface area contributed by atoms with Gasteiger partial charge in [0.15, 0.2) is 5.78 Å². The lowest BCUT2D eigenvalue weighted by Gasteiger charge is -2.46. The SMILES string of the molecule is C[C@H]1C=C[C@@]2(O1)C(CO)=CC(=O)CC2(C)C. The second kappa shape index (κ2) is 3.54. The third-order valence-corrected chi connectivity index (χ3v) is 3.58. The molecule has 1 N–H and O–H groups in total. The lowest BCUT2D eigenvalue weighted by Crippen LogP contribution is -2.50. The zero-order valence-corrected chi connectivity index (χ0v) is 9.99. The summed E-state index contributed by atoms with van der Waals surface area (Å²) in [6.07, 6.45) is 6.00. The van der Waals surface area contributed by atoms with Crippen molar-refractivity contribution >= 4 is 5.78 Å². The Kier molecular flexibility index (Phi) is 2.55. The smallest absolute Gasteiger partial charge is 0.156 e. The normalized spacial score (nSPS) is 36.9. The van der Waals surface area contributed by atoms with Gasteiger partial charge in [-0.15, -0.1) is 0 Å². The molecule has 3 heteroatoms. The van der Waals surface area contributed by atoms with Crippen LogP contribution in [-0.4, -0.2) is 29.2 Å². The van der Waals surface area contributed by atoms with E-state index in [1.807, 2.05) is 32.9 Å². The highest BCUT2D eigenvalue weighted by atomic mass is 16.5. The number of ether oxygens (including phenoxy) is 1. The van der Waals surface area contributed by atoms with Crippen LogP contribution in [0.15, 0.2) is 23.8 Å². The average molecular weight is 222 g/mol. The molecule has 0 unspecified atom stereocenters. The minimum atomic E-state index is -0.602. The first-order chi connectivity index (χ1) is 7.41. The van der Waals surface area contributed by atoms with Crippen molar-refractivity contribution in [2.75, 3.05) is 6.61 Å². The van der Waals surface area contributed by atoms with Crippen molar-refractivity contribution in [3.63, 3.8) is 0 Å². The van der Waals surface area contributed by atoms with E-state index in [-0.39, 0.29) is 23.9 Å². The van der Waals surface area contributed by atoms with E-state index in [0.29, 0.717) is 12.0 Å². The Hall–Kier alpha value is -0.930. The first kappa shape index (κ1) is 11.6. The lowest BCUT2D eigenvalue weighted by atomic mass is 9.64. The molecule has 0 bridgehead atoms. The molecule has 1 heterocycles. The number of hydrogen-bond donors (Lipinski definition) is 1. The van der Waals surface area contributed by atoms with Crippen LogP contribution in [0, 0.1) is 5.41 Å². The van der Waals surface area contributed by atoms with E-state index in [1.165, 1.54) is 6.08 Å². The molecular formula is C13H18O3. The van der Waals surface area contributed by atoms with Crippen LogP contribution in [0.25, 0.3) is 0 Å². The molecule has 0 amide bonds. The minimum Gasteiger partial charge on any atom is -0.392 e. The van der Waals surface area contributed by atoms with Crippen molar-refractivity contribution in [2.24, 2.45) is 5.41 Å². The average Bonchev–Trinajstić information content (AvgIpc) is 2.56. The van der Waals surface area contributed by atoms with Crippen molar-refractivity contribution in [2.45, 2.75) is 38.9 Å². The van der Waals surface area contributed by atoms with Crippen molar-refractivity contribution in [1.29, 1.82) is 0 Å². The van der Waals surface area contributed by atoms with Gasteiger partial charge in [0.05, 0.1) is 12.7 Å². The molecule has 1 spiro atoms. The second-order valence-corrected chi connectivity index (χ2v) is 5.27. The molecular weight excluding hydrogens is 204 g/mol. The summed E-state index contributed by atoms with van der Waals surface area (Å²) in [6.45, 7) is 5.85. The van der Waals surface area contributed by atoms with E-state index < -0.39 is 5.60 Å². The second-order valence-electron chi connectivity index (χ2n) is 5.27. The number of carbonyl (C=O) groups excluding carboxylic acids is 1. The van der Waals surface area contributed by atoms with Crippen LogP contribution < -0.4 is 0 Å². The minimum absolute atomic E-state index is 0.0300. The molecule has 0 aromatic rings. The maximum atomic E-state index is 11.6. The van der Waals surface area contributed by atoms with Crippen molar-refractivity contribution in [1.82, 2.24) is 0 Å². The molecule has 0 aromatic carbocycles. The molecule has 0 saturated heterocycles. The molecule has 2 aliphatic rings. The van der Waals surface area contributed by atoms with Gasteiger partial charge >= 0.3 is 0 Å². The zero-order chi connectivity index (χ0) is 12.0.